The molecule has 0 heterocycles. The standard InChI is InChI=1S/C12H25N3O/c1-9(2)13-8-12(16)14-7-10(3)15(4)11-5-6-11/h9-11,13H,5-8H2,1-4H3,(H,14,16). The summed E-state index contributed by atoms with van der Waals surface area (Å²) < 4.78 is 0. The van der Waals surface area contributed by atoms with Crippen molar-refractivity contribution in [2.24, 2.45) is 0 Å². The first kappa shape index (κ1) is 13.5. The van der Waals surface area contributed by atoms with E-state index >= 15 is 0 Å². The summed E-state index contributed by atoms with van der Waals surface area (Å²) in [4.78, 5) is 13.8. The summed E-state index contributed by atoms with van der Waals surface area (Å²) in [5.74, 6) is 0.0877. The van der Waals surface area contributed by atoms with Crippen LogP contribution in [0.3, 0.4) is 0 Å². The number of nitrogens with one attached hydrogen (secondary N) is 2. The third-order valence-electron chi connectivity index (χ3n) is 3.08. The Morgan fingerprint density at radius 2 is 2.00 bits per heavy atom. The molecule has 0 spiro atoms. The number of hydrogen-bond donors (Lipinski definition) is 2. The zero-order valence-corrected chi connectivity index (χ0v) is 10.9. The van der Waals surface area contributed by atoms with E-state index in [1.807, 2.05) is 13.8 Å². The van der Waals surface area contributed by atoms with Crippen molar-refractivity contribution < 1.29 is 4.79 Å². The van der Waals surface area contributed by atoms with Crippen LogP contribution in [0.1, 0.15) is 33.6 Å². The molecule has 16 heavy (non-hydrogen) atoms. The lowest BCUT2D eigenvalue weighted by Crippen LogP contribution is -2.44. The second kappa shape index (κ2) is 6.21. The Morgan fingerprint density at radius 3 is 2.50 bits per heavy atom. The number of nitrogens with zero attached hydrogens (tertiary/aromatic N) is 1. The molecule has 0 aromatic rings. The van der Waals surface area contributed by atoms with Crippen LogP contribution in [0.4, 0.5) is 0 Å². The van der Waals surface area contributed by atoms with Crippen molar-refractivity contribution in [3.8, 4) is 0 Å². The maximum Gasteiger partial charge on any atom is 0.234 e. The van der Waals surface area contributed by atoms with Gasteiger partial charge in [0.15, 0.2) is 0 Å². The van der Waals surface area contributed by atoms with Crippen molar-refractivity contribution in [2.75, 3.05) is 20.1 Å². The van der Waals surface area contributed by atoms with Crippen molar-refractivity contribution in [2.45, 2.75) is 51.7 Å². The molecule has 2 N–H and O–H groups in total. The summed E-state index contributed by atoms with van der Waals surface area (Å²) in [5.41, 5.74) is 0. The van der Waals surface area contributed by atoms with Gasteiger partial charge in [-0.1, -0.05) is 13.8 Å². The summed E-state index contributed by atoms with van der Waals surface area (Å²) >= 11 is 0. The molecular weight excluding hydrogens is 202 g/mol. The predicted octanol–water partition coefficient (Wildman–Crippen LogP) is 0.583. The van der Waals surface area contributed by atoms with E-state index in [2.05, 4.69) is 29.5 Å². The van der Waals surface area contributed by atoms with Crippen LogP contribution in [-0.2, 0) is 4.79 Å². The van der Waals surface area contributed by atoms with Crippen molar-refractivity contribution in [3.63, 3.8) is 0 Å². The van der Waals surface area contributed by atoms with Gasteiger partial charge in [0, 0.05) is 24.7 Å². The SMILES string of the molecule is CC(C)NCC(=O)NCC(C)N(C)C1CC1. The first-order chi connectivity index (χ1) is 7.50. The van der Waals surface area contributed by atoms with Crippen LogP contribution in [0.25, 0.3) is 0 Å². The number of likely N-dealkylation sites (N-methyl/N-ethyl adjacent to an activating group) is 1. The molecule has 0 saturated heterocycles. The highest BCUT2D eigenvalue weighted by atomic mass is 16.1. The summed E-state index contributed by atoms with van der Waals surface area (Å²) in [6, 6.07) is 1.54. The quantitative estimate of drug-likeness (QED) is 0.669. The largest absolute Gasteiger partial charge is 0.353 e. The molecule has 0 aromatic heterocycles. The molecule has 0 aliphatic heterocycles. The summed E-state index contributed by atoms with van der Waals surface area (Å²) in [5, 5.41) is 6.07. The highest BCUT2D eigenvalue weighted by Crippen LogP contribution is 2.26. The van der Waals surface area contributed by atoms with E-state index in [1.54, 1.807) is 0 Å². The Labute approximate surface area is 98.8 Å². The van der Waals surface area contributed by atoms with Crippen molar-refractivity contribution in [1.82, 2.24) is 15.5 Å². The average molecular weight is 227 g/mol. The summed E-state index contributed by atoms with van der Waals surface area (Å²) in [7, 11) is 2.14. The van der Waals surface area contributed by atoms with Gasteiger partial charge in [-0.2, -0.15) is 0 Å². The van der Waals surface area contributed by atoms with Crippen LogP contribution < -0.4 is 10.6 Å². The molecule has 94 valence electrons. The molecule has 1 atom stereocenters. The zero-order valence-electron chi connectivity index (χ0n) is 10.9. The first-order valence-corrected chi connectivity index (χ1v) is 6.22. The first-order valence-electron chi connectivity index (χ1n) is 6.22. The number of amides is 1. The van der Waals surface area contributed by atoms with Crippen LogP contribution in [-0.4, -0.2) is 49.1 Å². The highest BCUT2D eigenvalue weighted by molar-refractivity contribution is 5.78. The molecule has 1 fully saturated rings. The van der Waals surface area contributed by atoms with E-state index in [9.17, 15) is 4.79 Å². The highest BCUT2D eigenvalue weighted by Gasteiger charge is 2.28. The van der Waals surface area contributed by atoms with Crippen LogP contribution in [0.5, 0.6) is 0 Å². The molecule has 0 radical (unpaired) electrons. The van der Waals surface area contributed by atoms with Gasteiger partial charge < -0.3 is 10.6 Å². The maximum absolute atomic E-state index is 11.5. The van der Waals surface area contributed by atoms with Gasteiger partial charge in [0.25, 0.3) is 0 Å². The van der Waals surface area contributed by atoms with Crippen molar-refractivity contribution >= 4 is 5.91 Å². The molecule has 4 heteroatoms. The Hall–Kier alpha value is -0.610. The van der Waals surface area contributed by atoms with Gasteiger partial charge in [-0.15, -0.1) is 0 Å². The molecule has 1 unspecified atom stereocenters. The van der Waals surface area contributed by atoms with E-state index < -0.39 is 0 Å². The van der Waals surface area contributed by atoms with Gasteiger partial charge in [-0.3, -0.25) is 9.69 Å². The topological polar surface area (TPSA) is 44.4 Å². The third-order valence-corrected chi connectivity index (χ3v) is 3.08. The van der Waals surface area contributed by atoms with E-state index in [4.69, 9.17) is 0 Å². The second-order valence-electron chi connectivity index (χ2n) is 5.09. The smallest absolute Gasteiger partial charge is 0.234 e. The maximum atomic E-state index is 11.5. The van der Waals surface area contributed by atoms with E-state index in [-0.39, 0.29) is 5.91 Å². The number of carbonyl (C=O) groups is 1. The van der Waals surface area contributed by atoms with E-state index in [0.717, 1.165) is 12.6 Å². The Morgan fingerprint density at radius 1 is 1.38 bits per heavy atom. The molecule has 0 aromatic carbocycles. The molecule has 1 aliphatic rings. The molecular formula is C12H25N3O. The number of rotatable bonds is 7. The molecule has 1 rings (SSSR count). The van der Waals surface area contributed by atoms with Gasteiger partial charge in [-0.25, -0.2) is 0 Å². The molecule has 1 saturated carbocycles. The minimum atomic E-state index is 0.0877. The van der Waals surface area contributed by atoms with Gasteiger partial charge >= 0.3 is 0 Å². The minimum absolute atomic E-state index is 0.0877. The van der Waals surface area contributed by atoms with Crippen LogP contribution in [0, 0.1) is 0 Å². The van der Waals surface area contributed by atoms with Crippen LogP contribution in [0.2, 0.25) is 0 Å². The fraction of sp³-hybridized carbons (Fsp3) is 0.917. The number of hydrogen-bond acceptors (Lipinski definition) is 3. The number of carbonyl (C=O) groups excluding carboxylic acids is 1. The third kappa shape index (κ3) is 4.94. The minimum Gasteiger partial charge on any atom is -0.353 e. The predicted molar refractivity (Wildman–Crippen MR) is 66.4 cm³/mol. The lowest BCUT2D eigenvalue weighted by molar-refractivity contribution is -0.120. The average Bonchev–Trinajstić information content (AvgIpc) is 3.05. The molecule has 0 bridgehead atoms. The fourth-order valence-corrected chi connectivity index (χ4v) is 1.61. The van der Waals surface area contributed by atoms with Gasteiger partial charge in [0.1, 0.15) is 0 Å². The normalized spacial score (nSPS) is 17.9. The molecule has 4 nitrogen and oxygen atoms in total. The van der Waals surface area contributed by atoms with E-state index in [1.165, 1.54) is 12.8 Å². The van der Waals surface area contributed by atoms with Crippen molar-refractivity contribution in [1.29, 1.82) is 0 Å². The fourth-order valence-electron chi connectivity index (χ4n) is 1.61. The lowest BCUT2D eigenvalue weighted by atomic mass is 10.3. The van der Waals surface area contributed by atoms with Crippen LogP contribution >= 0.6 is 0 Å². The van der Waals surface area contributed by atoms with Gasteiger partial charge in [0.05, 0.1) is 6.54 Å². The Bertz CT molecular complexity index is 226. The van der Waals surface area contributed by atoms with Gasteiger partial charge in [-0.05, 0) is 26.8 Å². The van der Waals surface area contributed by atoms with E-state index in [0.29, 0.717) is 18.6 Å². The zero-order chi connectivity index (χ0) is 12.1. The molecule has 1 aliphatic carbocycles. The Kier molecular flexibility index (Phi) is 5.22. The van der Waals surface area contributed by atoms with Crippen LogP contribution in [0.15, 0.2) is 0 Å². The lowest BCUT2D eigenvalue weighted by Gasteiger charge is -2.24. The monoisotopic (exact) mass is 227 g/mol. The summed E-state index contributed by atoms with van der Waals surface area (Å²) in [6.07, 6.45) is 2.62. The second-order valence-corrected chi connectivity index (χ2v) is 5.09. The summed E-state index contributed by atoms with van der Waals surface area (Å²) in [6.45, 7) is 7.39. The molecule has 1 amide bonds. The van der Waals surface area contributed by atoms with Crippen molar-refractivity contribution in [3.05, 3.63) is 0 Å². The Balaban J connectivity index is 2.10. The van der Waals surface area contributed by atoms with Gasteiger partial charge in [0.2, 0.25) is 5.91 Å².